The van der Waals surface area contributed by atoms with E-state index in [0.29, 0.717) is 6.54 Å². The Labute approximate surface area is 107 Å². The highest BCUT2D eigenvalue weighted by molar-refractivity contribution is 5.94. The van der Waals surface area contributed by atoms with E-state index in [1.54, 1.807) is 6.07 Å². The monoisotopic (exact) mass is 249 g/mol. The molecule has 1 aromatic heterocycles. The highest BCUT2D eigenvalue weighted by atomic mass is 16.3. The van der Waals surface area contributed by atoms with E-state index in [-0.39, 0.29) is 22.8 Å². The molecule has 0 aromatic carbocycles. The van der Waals surface area contributed by atoms with Gasteiger partial charge in [-0.25, -0.2) is 4.98 Å². The van der Waals surface area contributed by atoms with Crippen LogP contribution in [0.5, 0.6) is 5.75 Å². The lowest BCUT2D eigenvalue weighted by atomic mass is 9.83. The van der Waals surface area contributed by atoms with Crippen molar-refractivity contribution in [1.82, 2.24) is 15.6 Å². The molecule has 2 heterocycles. The molecule has 0 saturated carbocycles. The minimum Gasteiger partial charge on any atom is -0.505 e. The number of piperidine rings is 1. The summed E-state index contributed by atoms with van der Waals surface area (Å²) in [5, 5.41) is 15.7. The van der Waals surface area contributed by atoms with Crippen LogP contribution in [0.15, 0.2) is 18.3 Å². The highest BCUT2D eigenvalue weighted by Gasteiger charge is 2.27. The number of pyridine rings is 1. The van der Waals surface area contributed by atoms with Crippen LogP contribution in [0.25, 0.3) is 0 Å². The van der Waals surface area contributed by atoms with Gasteiger partial charge in [-0.05, 0) is 36.9 Å². The molecule has 1 saturated heterocycles. The van der Waals surface area contributed by atoms with Gasteiger partial charge in [0.1, 0.15) is 5.75 Å². The zero-order valence-electron chi connectivity index (χ0n) is 10.6. The smallest absolute Gasteiger partial charge is 0.273 e. The average Bonchev–Trinajstić information content (AvgIpc) is 2.38. The Bertz CT molecular complexity index is 428. The third-order valence-electron chi connectivity index (χ3n) is 3.36. The number of hydrogen-bond acceptors (Lipinski definition) is 4. The molecule has 0 aliphatic carbocycles. The fraction of sp³-hybridized carbons (Fsp3) is 0.538. The van der Waals surface area contributed by atoms with Crippen molar-refractivity contribution < 1.29 is 9.90 Å². The summed E-state index contributed by atoms with van der Waals surface area (Å²) in [7, 11) is 0. The summed E-state index contributed by atoms with van der Waals surface area (Å²) in [6.07, 6.45) is 3.72. The Morgan fingerprint density at radius 3 is 3.17 bits per heavy atom. The van der Waals surface area contributed by atoms with Gasteiger partial charge >= 0.3 is 0 Å². The molecule has 98 valence electrons. The van der Waals surface area contributed by atoms with Crippen molar-refractivity contribution in [2.24, 2.45) is 5.41 Å². The van der Waals surface area contributed by atoms with Crippen molar-refractivity contribution in [3.05, 3.63) is 24.0 Å². The SMILES string of the molecule is CC1(CNC(=O)c2ncccc2O)CCCNC1. The molecule has 1 amide bonds. The topological polar surface area (TPSA) is 74.2 Å². The van der Waals surface area contributed by atoms with E-state index >= 15 is 0 Å². The summed E-state index contributed by atoms with van der Waals surface area (Å²) < 4.78 is 0. The fourth-order valence-corrected chi connectivity index (χ4v) is 2.22. The Kier molecular flexibility index (Phi) is 3.81. The van der Waals surface area contributed by atoms with Crippen molar-refractivity contribution in [2.45, 2.75) is 19.8 Å². The molecular weight excluding hydrogens is 230 g/mol. The summed E-state index contributed by atoms with van der Waals surface area (Å²) >= 11 is 0. The Balaban J connectivity index is 1.94. The summed E-state index contributed by atoms with van der Waals surface area (Å²) in [5.74, 6) is -0.401. The molecule has 18 heavy (non-hydrogen) atoms. The number of hydrogen-bond donors (Lipinski definition) is 3. The zero-order chi connectivity index (χ0) is 13.0. The van der Waals surface area contributed by atoms with Gasteiger partial charge in [0.15, 0.2) is 5.69 Å². The number of aromatic nitrogens is 1. The molecule has 1 aromatic rings. The van der Waals surface area contributed by atoms with Crippen LogP contribution in [0.2, 0.25) is 0 Å². The van der Waals surface area contributed by atoms with E-state index in [1.165, 1.54) is 12.3 Å². The van der Waals surface area contributed by atoms with Crippen molar-refractivity contribution >= 4 is 5.91 Å². The second-order valence-electron chi connectivity index (χ2n) is 5.14. The van der Waals surface area contributed by atoms with E-state index in [4.69, 9.17) is 0 Å². The number of carbonyl (C=O) groups excluding carboxylic acids is 1. The number of amides is 1. The molecule has 1 aliphatic heterocycles. The van der Waals surface area contributed by atoms with Gasteiger partial charge < -0.3 is 15.7 Å². The van der Waals surface area contributed by atoms with Crippen molar-refractivity contribution in [3.8, 4) is 5.75 Å². The fourth-order valence-electron chi connectivity index (χ4n) is 2.22. The summed E-state index contributed by atoms with van der Waals surface area (Å²) in [6, 6.07) is 3.06. The van der Waals surface area contributed by atoms with Gasteiger partial charge in [-0.3, -0.25) is 4.79 Å². The second-order valence-corrected chi connectivity index (χ2v) is 5.14. The lowest BCUT2D eigenvalue weighted by molar-refractivity contribution is 0.0916. The maximum atomic E-state index is 11.9. The summed E-state index contributed by atoms with van der Waals surface area (Å²) in [6.45, 7) is 4.69. The minimum absolute atomic E-state index is 0.0816. The number of carbonyl (C=O) groups is 1. The van der Waals surface area contributed by atoms with Crippen LogP contribution >= 0.6 is 0 Å². The molecule has 0 spiro atoms. The summed E-state index contributed by atoms with van der Waals surface area (Å²) in [5.41, 5.74) is 0.169. The molecule has 2 rings (SSSR count). The van der Waals surface area contributed by atoms with E-state index < -0.39 is 0 Å². The van der Waals surface area contributed by atoms with Crippen LogP contribution < -0.4 is 10.6 Å². The van der Waals surface area contributed by atoms with Gasteiger partial charge in [0.2, 0.25) is 0 Å². The second kappa shape index (κ2) is 5.35. The first-order valence-corrected chi connectivity index (χ1v) is 6.24. The maximum absolute atomic E-state index is 11.9. The van der Waals surface area contributed by atoms with Crippen LogP contribution in [0.4, 0.5) is 0 Å². The predicted octanol–water partition coefficient (Wildman–Crippen LogP) is 0.907. The van der Waals surface area contributed by atoms with E-state index in [2.05, 4.69) is 22.5 Å². The molecule has 3 N–H and O–H groups in total. The Morgan fingerprint density at radius 1 is 1.67 bits per heavy atom. The lowest BCUT2D eigenvalue weighted by Gasteiger charge is -2.34. The zero-order valence-corrected chi connectivity index (χ0v) is 10.6. The number of nitrogens with one attached hydrogen (secondary N) is 2. The lowest BCUT2D eigenvalue weighted by Crippen LogP contribution is -2.45. The first kappa shape index (κ1) is 12.8. The van der Waals surface area contributed by atoms with E-state index in [0.717, 1.165) is 25.9 Å². The molecule has 1 aliphatic rings. The number of aromatic hydroxyl groups is 1. The van der Waals surface area contributed by atoms with Gasteiger partial charge in [-0.2, -0.15) is 0 Å². The molecule has 1 unspecified atom stereocenters. The van der Waals surface area contributed by atoms with Crippen LogP contribution in [0.1, 0.15) is 30.3 Å². The van der Waals surface area contributed by atoms with Gasteiger partial charge in [-0.15, -0.1) is 0 Å². The highest BCUT2D eigenvalue weighted by Crippen LogP contribution is 2.24. The molecule has 0 radical (unpaired) electrons. The van der Waals surface area contributed by atoms with Gasteiger partial charge in [0.25, 0.3) is 5.91 Å². The van der Waals surface area contributed by atoms with Gasteiger partial charge in [-0.1, -0.05) is 6.92 Å². The first-order chi connectivity index (χ1) is 8.61. The van der Waals surface area contributed by atoms with Crippen molar-refractivity contribution in [1.29, 1.82) is 0 Å². The quantitative estimate of drug-likeness (QED) is 0.744. The molecule has 1 fully saturated rings. The average molecular weight is 249 g/mol. The Morgan fingerprint density at radius 2 is 2.50 bits per heavy atom. The standard InChI is InChI=1S/C13H19N3O2/c1-13(5-3-6-14-8-13)9-16-12(18)11-10(17)4-2-7-15-11/h2,4,7,14,17H,3,5-6,8-9H2,1H3,(H,16,18). The number of nitrogens with zero attached hydrogens (tertiary/aromatic N) is 1. The third-order valence-corrected chi connectivity index (χ3v) is 3.36. The van der Waals surface area contributed by atoms with E-state index in [1.807, 2.05) is 0 Å². The minimum atomic E-state index is -0.320. The predicted molar refractivity (Wildman–Crippen MR) is 68.4 cm³/mol. The van der Waals surface area contributed by atoms with Crippen LogP contribution in [0, 0.1) is 5.41 Å². The van der Waals surface area contributed by atoms with E-state index in [9.17, 15) is 9.90 Å². The normalized spacial score (nSPS) is 23.6. The van der Waals surface area contributed by atoms with Crippen LogP contribution in [0.3, 0.4) is 0 Å². The first-order valence-electron chi connectivity index (χ1n) is 6.24. The largest absolute Gasteiger partial charge is 0.505 e. The Hall–Kier alpha value is -1.62. The number of rotatable bonds is 3. The molecule has 0 bridgehead atoms. The summed E-state index contributed by atoms with van der Waals surface area (Å²) in [4.78, 5) is 15.8. The van der Waals surface area contributed by atoms with Crippen molar-refractivity contribution in [3.63, 3.8) is 0 Å². The van der Waals surface area contributed by atoms with Crippen molar-refractivity contribution in [2.75, 3.05) is 19.6 Å². The van der Waals surface area contributed by atoms with Crippen LogP contribution in [-0.2, 0) is 0 Å². The van der Waals surface area contributed by atoms with Crippen LogP contribution in [-0.4, -0.2) is 35.6 Å². The molecule has 5 nitrogen and oxygen atoms in total. The molecule has 1 atom stereocenters. The molecular formula is C13H19N3O2. The van der Waals surface area contributed by atoms with Gasteiger partial charge in [0, 0.05) is 19.3 Å². The third kappa shape index (κ3) is 2.98. The maximum Gasteiger partial charge on any atom is 0.273 e. The van der Waals surface area contributed by atoms with Gasteiger partial charge in [0.05, 0.1) is 0 Å². The molecule has 5 heteroatoms.